The lowest BCUT2D eigenvalue weighted by atomic mass is 9.89. The summed E-state index contributed by atoms with van der Waals surface area (Å²) >= 11 is 0. The Labute approximate surface area is 267 Å². The van der Waals surface area contributed by atoms with E-state index in [-0.39, 0.29) is 6.04 Å². The van der Waals surface area contributed by atoms with Gasteiger partial charge in [-0.2, -0.15) is 0 Å². The molecule has 0 bridgehead atoms. The maximum absolute atomic E-state index is 7.00. The first-order chi connectivity index (χ1) is 22.7. The monoisotopic (exact) mass is 592 g/mol. The van der Waals surface area contributed by atoms with Crippen LogP contribution in [0.5, 0.6) is 0 Å². The van der Waals surface area contributed by atoms with Gasteiger partial charge >= 0.3 is 0 Å². The number of rotatable bonds is 5. The van der Waals surface area contributed by atoms with Gasteiger partial charge in [-0.3, -0.25) is 0 Å². The lowest BCUT2D eigenvalue weighted by Gasteiger charge is -2.22. The first-order valence-electron chi connectivity index (χ1n) is 15.9. The van der Waals surface area contributed by atoms with Crippen LogP contribution in [0.1, 0.15) is 24.4 Å². The van der Waals surface area contributed by atoms with Crippen molar-refractivity contribution < 1.29 is 0 Å². The number of allylic oxidation sites excluding steroid dienone is 2. The number of nitrogens with zero attached hydrogens (tertiary/aromatic N) is 3. The second-order valence-electron chi connectivity index (χ2n) is 12.1. The van der Waals surface area contributed by atoms with Crippen molar-refractivity contribution in [1.29, 1.82) is 0 Å². The van der Waals surface area contributed by atoms with E-state index in [4.69, 9.17) is 10.7 Å². The van der Waals surface area contributed by atoms with Crippen molar-refractivity contribution in [2.75, 3.05) is 0 Å². The number of fused-ring (bicyclic) bond motifs is 7. The highest BCUT2D eigenvalue weighted by Crippen LogP contribution is 2.39. The average Bonchev–Trinajstić information content (AvgIpc) is 3.67. The van der Waals surface area contributed by atoms with Crippen molar-refractivity contribution in [2.45, 2.75) is 18.9 Å². The number of aromatic nitrogens is 2. The standard InChI is InChI=1S/C42H32N4/c43-42(34-19-10-13-28-11-4-6-16-32(28)34)35-18-8-9-20-37(35)44-27-45-24-23-30-25-36-40(26-39(30)45)46(31-14-2-1-3-15-31)38-22-21-29-12-5-7-17-33(29)41(36)38/h1-7,9-17,19-27,42H,8,18,43H2/b44-27+. The Morgan fingerprint density at radius 2 is 1.41 bits per heavy atom. The molecule has 0 fully saturated rings. The highest BCUT2D eigenvalue weighted by Gasteiger charge is 2.20. The molecule has 6 aromatic carbocycles. The van der Waals surface area contributed by atoms with Gasteiger partial charge in [-0.15, -0.1) is 0 Å². The van der Waals surface area contributed by atoms with E-state index >= 15 is 0 Å². The third-order valence-electron chi connectivity index (χ3n) is 9.55. The molecule has 0 aliphatic heterocycles. The molecule has 0 saturated heterocycles. The van der Waals surface area contributed by atoms with Crippen LogP contribution in [0.4, 0.5) is 0 Å². The van der Waals surface area contributed by atoms with E-state index in [2.05, 4.69) is 155 Å². The zero-order valence-electron chi connectivity index (χ0n) is 25.3. The van der Waals surface area contributed by atoms with Crippen molar-refractivity contribution in [3.63, 3.8) is 0 Å². The number of hydrogen-bond acceptors (Lipinski definition) is 2. The van der Waals surface area contributed by atoms with Gasteiger partial charge in [0.15, 0.2) is 0 Å². The van der Waals surface area contributed by atoms with Gasteiger partial charge in [0.1, 0.15) is 0 Å². The molecule has 46 heavy (non-hydrogen) atoms. The molecule has 220 valence electrons. The third kappa shape index (κ3) is 4.22. The second-order valence-corrected chi connectivity index (χ2v) is 12.1. The van der Waals surface area contributed by atoms with Gasteiger partial charge in [-0.1, -0.05) is 97.1 Å². The zero-order chi connectivity index (χ0) is 30.6. The summed E-state index contributed by atoms with van der Waals surface area (Å²) in [6.45, 7) is 0. The molecular formula is C42H32N4. The average molecular weight is 593 g/mol. The van der Waals surface area contributed by atoms with Crippen LogP contribution in [-0.2, 0) is 0 Å². The molecule has 1 atom stereocenters. The van der Waals surface area contributed by atoms with Crippen LogP contribution in [0.25, 0.3) is 59.9 Å². The number of nitrogens with two attached hydrogens (primary N) is 1. The van der Waals surface area contributed by atoms with Crippen LogP contribution >= 0.6 is 0 Å². The van der Waals surface area contributed by atoms with Crippen LogP contribution in [0.3, 0.4) is 0 Å². The van der Waals surface area contributed by atoms with Crippen LogP contribution in [0.15, 0.2) is 162 Å². The van der Waals surface area contributed by atoms with Crippen molar-refractivity contribution in [1.82, 2.24) is 9.13 Å². The van der Waals surface area contributed by atoms with E-state index in [1.165, 1.54) is 54.3 Å². The van der Waals surface area contributed by atoms with Gasteiger partial charge < -0.3 is 14.9 Å². The Kier molecular flexibility index (Phi) is 6.22. The molecule has 2 aromatic heterocycles. The zero-order valence-corrected chi connectivity index (χ0v) is 25.3. The minimum Gasteiger partial charge on any atom is -0.320 e. The molecule has 2 N–H and O–H groups in total. The summed E-state index contributed by atoms with van der Waals surface area (Å²) in [5.41, 5.74) is 14.9. The lowest BCUT2D eigenvalue weighted by molar-refractivity contribution is 0.759. The molecule has 0 saturated carbocycles. The Hall–Kier alpha value is -5.71. The van der Waals surface area contributed by atoms with E-state index < -0.39 is 0 Å². The normalized spacial score (nSPS) is 14.5. The van der Waals surface area contributed by atoms with Crippen molar-refractivity contribution in [3.05, 3.63) is 163 Å². The van der Waals surface area contributed by atoms with E-state index in [0.29, 0.717) is 0 Å². The Bertz CT molecular complexity index is 2540. The molecule has 8 aromatic rings. The van der Waals surface area contributed by atoms with Crippen LogP contribution in [0.2, 0.25) is 0 Å². The first-order valence-corrected chi connectivity index (χ1v) is 15.9. The van der Waals surface area contributed by atoms with Crippen LogP contribution < -0.4 is 5.73 Å². The number of hydrogen-bond donors (Lipinski definition) is 1. The van der Waals surface area contributed by atoms with Gasteiger partial charge in [-0.25, -0.2) is 4.99 Å². The molecule has 1 aliphatic carbocycles. The van der Waals surface area contributed by atoms with E-state index in [1.54, 1.807) is 0 Å². The van der Waals surface area contributed by atoms with E-state index in [1.807, 2.05) is 6.34 Å². The first kappa shape index (κ1) is 26.7. The quantitative estimate of drug-likeness (QED) is 0.157. The molecule has 1 aliphatic rings. The molecule has 4 nitrogen and oxygen atoms in total. The summed E-state index contributed by atoms with van der Waals surface area (Å²) in [4.78, 5) is 5.07. The second kappa shape index (κ2) is 10.7. The fourth-order valence-corrected chi connectivity index (χ4v) is 7.34. The van der Waals surface area contributed by atoms with Crippen LogP contribution in [0, 0.1) is 0 Å². The van der Waals surface area contributed by atoms with Crippen molar-refractivity contribution in [3.8, 4) is 5.69 Å². The molecule has 0 radical (unpaired) electrons. The smallest absolute Gasteiger partial charge is 0.0998 e. The Balaban J connectivity index is 1.20. The molecule has 0 amide bonds. The van der Waals surface area contributed by atoms with Gasteiger partial charge in [-0.05, 0) is 88.0 Å². The minimum absolute atomic E-state index is 0.222. The maximum atomic E-state index is 7.00. The summed E-state index contributed by atoms with van der Waals surface area (Å²) in [5, 5.41) is 8.64. The molecule has 2 heterocycles. The largest absolute Gasteiger partial charge is 0.320 e. The third-order valence-corrected chi connectivity index (χ3v) is 9.55. The lowest BCUT2D eigenvalue weighted by Crippen LogP contribution is -2.16. The minimum atomic E-state index is -0.222. The van der Waals surface area contributed by atoms with Gasteiger partial charge in [0, 0.05) is 28.0 Å². The summed E-state index contributed by atoms with van der Waals surface area (Å²) in [7, 11) is 0. The molecule has 0 spiro atoms. The predicted octanol–water partition coefficient (Wildman–Crippen LogP) is 10.2. The molecule has 9 rings (SSSR count). The van der Waals surface area contributed by atoms with Gasteiger partial charge in [0.05, 0.1) is 34.6 Å². The summed E-state index contributed by atoms with van der Waals surface area (Å²) in [5.74, 6) is 0. The fourth-order valence-electron chi connectivity index (χ4n) is 7.34. The van der Waals surface area contributed by atoms with Crippen molar-refractivity contribution >= 4 is 60.6 Å². The number of aliphatic imine (C=N–C) groups is 1. The van der Waals surface area contributed by atoms with E-state index in [0.717, 1.165) is 35.3 Å². The SMILES string of the molecule is NC(C1=C(/N=C/n2ccc3cc4c5c6ccccc6ccc5n(-c5ccccc5)c4cc32)C=CCC1)c1cccc2ccccc12. The fraction of sp³-hybridized carbons (Fsp3) is 0.0714. The predicted molar refractivity (Wildman–Crippen MR) is 194 cm³/mol. The van der Waals surface area contributed by atoms with Crippen molar-refractivity contribution in [2.24, 2.45) is 10.7 Å². The number of benzene rings is 6. The van der Waals surface area contributed by atoms with E-state index in [9.17, 15) is 0 Å². The Morgan fingerprint density at radius 3 is 2.28 bits per heavy atom. The molecule has 4 heteroatoms. The van der Waals surface area contributed by atoms with Gasteiger partial charge in [0.25, 0.3) is 0 Å². The summed E-state index contributed by atoms with van der Waals surface area (Å²) < 4.78 is 4.52. The summed E-state index contributed by atoms with van der Waals surface area (Å²) in [6, 6.07) is 45.3. The summed E-state index contributed by atoms with van der Waals surface area (Å²) in [6.07, 6.45) is 10.2. The topological polar surface area (TPSA) is 48.2 Å². The maximum Gasteiger partial charge on any atom is 0.0998 e. The van der Waals surface area contributed by atoms with Gasteiger partial charge in [0.2, 0.25) is 0 Å². The highest BCUT2D eigenvalue weighted by molar-refractivity contribution is 6.23. The number of para-hydroxylation sites is 1. The molecular weight excluding hydrogens is 560 g/mol. The van der Waals surface area contributed by atoms with Crippen LogP contribution in [-0.4, -0.2) is 15.5 Å². The highest BCUT2D eigenvalue weighted by atomic mass is 15.0. The Morgan fingerprint density at radius 1 is 0.652 bits per heavy atom. The molecule has 1 unspecified atom stereocenters.